The topological polar surface area (TPSA) is 107 Å². The summed E-state index contributed by atoms with van der Waals surface area (Å²) in [6, 6.07) is 14.9. The van der Waals surface area contributed by atoms with Crippen LogP contribution in [0.15, 0.2) is 69.9 Å². The second-order valence-corrected chi connectivity index (χ2v) is 5.87. The summed E-state index contributed by atoms with van der Waals surface area (Å²) in [5, 5.41) is 25.1. The van der Waals surface area contributed by atoms with Gasteiger partial charge in [-0.3, -0.25) is 9.59 Å². The second kappa shape index (κ2) is 8.33. The minimum Gasteiger partial charge on any atom is -0.395 e. The molecular weight excluding hydrogens is 346 g/mol. The maximum atomic E-state index is 12.6. The molecule has 1 unspecified atom stereocenters. The number of carbonyl (C=O) groups excluding carboxylic acids is 2. The van der Waals surface area contributed by atoms with Gasteiger partial charge < -0.3 is 10.4 Å². The molecule has 0 radical (unpaired) electrons. The number of nitrogens with zero attached hydrogens (tertiary/aromatic N) is 4. The van der Waals surface area contributed by atoms with Crippen LogP contribution < -0.4 is 10.3 Å². The van der Waals surface area contributed by atoms with Crippen LogP contribution in [-0.4, -0.2) is 41.8 Å². The number of benzene rings is 2. The molecule has 0 saturated carbocycles. The molecular formula is C19H19N5O3. The SMILES string of the molecule is CC1=NN(c2ccccc2)C(=O)C1/N=N/c1ccc(C(=O)NCCO)cc1. The molecule has 1 atom stereocenters. The average Bonchev–Trinajstić information content (AvgIpc) is 2.99. The Labute approximate surface area is 156 Å². The molecule has 2 N–H and O–H groups in total. The van der Waals surface area contributed by atoms with Crippen LogP contribution in [0.2, 0.25) is 0 Å². The number of carbonyl (C=O) groups is 2. The van der Waals surface area contributed by atoms with Crippen molar-refractivity contribution in [2.24, 2.45) is 15.3 Å². The van der Waals surface area contributed by atoms with Crippen molar-refractivity contribution in [2.75, 3.05) is 18.2 Å². The van der Waals surface area contributed by atoms with E-state index in [-0.39, 0.29) is 25.0 Å². The lowest BCUT2D eigenvalue weighted by molar-refractivity contribution is -0.117. The molecule has 2 amide bonds. The highest BCUT2D eigenvalue weighted by atomic mass is 16.3. The van der Waals surface area contributed by atoms with E-state index in [0.29, 0.717) is 22.6 Å². The van der Waals surface area contributed by atoms with Gasteiger partial charge in [0.05, 0.1) is 23.7 Å². The fourth-order valence-electron chi connectivity index (χ4n) is 2.52. The van der Waals surface area contributed by atoms with Gasteiger partial charge in [0.1, 0.15) is 0 Å². The maximum Gasteiger partial charge on any atom is 0.280 e. The van der Waals surface area contributed by atoms with E-state index >= 15 is 0 Å². The normalized spacial score (nSPS) is 16.7. The molecule has 0 bridgehead atoms. The third-order valence-corrected chi connectivity index (χ3v) is 3.91. The number of rotatable bonds is 6. The number of azo groups is 1. The first-order chi connectivity index (χ1) is 13.1. The molecule has 2 aromatic carbocycles. The lowest BCUT2D eigenvalue weighted by Gasteiger charge is -2.11. The molecule has 3 rings (SSSR count). The fourth-order valence-corrected chi connectivity index (χ4v) is 2.52. The van der Waals surface area contributed by atoms with E-state index in [1.165, 1.54) is 5.01 Å². The first kappa shape index (κ1) is 18.4. The van der Waals surface area contributed by atoms with Crippen molar-refractivity contribution in [1.82, 2.24) is 5.32 Å². The van der Waals surface area contributed by atoms with Gasteiger partial charge in [-0.05, 0) is 43.3 Å². The zero-order valence-electron chi connectivity index (χ0n) is 14.7. The van der Waals surface area contributed by atoms with Gasteiger partial charge in [0.25, 0.3) is 11.8 Å². The van der Waals surface area contributed by atoms with E-state index in [1.54, 1.807) is 43.3 Å². The molecule has 0 spiro atoms. The van der Waals surface area contributed by atoms with Gasteiger partial charge >= 0.3 is 0 Å². The Morgan fingerprint density at radius 2 is 1.89 bits per heavy atom. The molecule has 0 saturated heterocycles. The monoisotopic (exact) mass is 365 g/mol. The van der Waals surface area contributed by atoms with Crippen molar-refractivity contribution >= 4 is 28.9 Å². The summed E-state index contributed by atoms with van der Waals surface area (Å²) in [6.07, 6.45) is 0. The first-order valence-corrected chi connectivity index (χ1v) is 8.44. The van der Waals surface area contributed by atoms with Gasteiger partial charge in [0.15, 0.2) is 6.04 Å². The lowest BCUT2D eigenvalue weighted by atomic mass is 10.2. The Morgan fingerprint density at radius 3 is 2.56 bits per heavy atom. The summed E-state index contributed by atoms with van der Waals surface area (Å²) >= 11 is 0. The van der Waals surface area contributed by atoms with E-state index in [2.05, 4.69) is 20.6 Å². The van der Waals surface area contributed by atoms with Gasteiger partial charge in [0, 0.05) is 12.1 Å². The van der Waals surface area contributed by atoms with Crippen LogP contribution >= 0.6 is 0 Å². The fraction of sp³-hybridized carbons (Fsp3) is 0.211. The molecule has 8 heteroatoms. The predicted molar refractivity (Wildman–Crippen MR) is 101 cm³/mol. The minimum atomic E-state index is -0.766. The number of amides is 2. The van der Waals surface area contributed by atoms with Crippen molar-refractivity contribution in [3.05, 3.63) is 60.2 Å². The number of para-hydroxylation sites is 1. The van der Waals surface area contributed by atoms with E-state index in [1.807, 2.05) is 18.2 Å². The van der Waals surface area contributed by atoms with Crippen molar-refractivity contribution in [3.63, 3.8) is 0 Å². The van der Waals surface area contributed by atoms with Crippen LogP contribution in [0.25, 0.3) is 0 Å². The second-order valence-electron chi connectivity index (χ2n) is 5.87. The van der Waals surface area contributed by atoms with Crippen LogP contribution in [0.4, 0.5) is 11.4 Å². The Bertz CT molecular complexity index is 878. The molecule has 0 aliphatic carbocycles. The molecule has 138 valence electrons. The summed E-state index contributed by atoms with van der Waals surface area (Å²) in [6.45, 7) is 1.81. The van der Waals surface area contributed by atoms with Crippen molar-refractivity contribution in [3.8, 4) is 0 Å². The van der Waals surface area contributed by atoms with Crippen molar-refractivity contribution in [1.29, 1.82) is 0 Å². The van der Waals surface area contributed by atoms with Gasteiger partial charge in [-0.15, -0.1) is 0 Å². The predicted octanol–water partition coefficient (Wildman–Crippen LogP) is 2.28. The summed E-state index contributed by atoms with van der Waals surface area (Å²) < 4.78 is 0. The highest BCUT2D eigenvalue weighted by Gasteiger charge is 2.34. The largest absolute Gasteiger partial charge is 0.395 e. The highest BCUT2D eigenvalue weighted by molar-refractivity contribution is 6.18. The number of hydrogen-bond donors (Lipinski definition) is 2. The number of hydrogen-bond acceptors (Lipinski definition) is 6. The number of hydrazone groups is 1. The number of aliphatic hydroxyl groups is 1. The zero-order valence-corrected chi connectivity index (χ0v) is 14.7. The minimum absolute atomic E-state index is 0.117. The molecule has 0 fully saturated rings. The van der Waals surface area contributed by atoms with E-state index in [4.69, 9.17) is 5.11 Å². The molecule has 0 aromatic heterocycles. The van der Waals surface area contributed by atoms with Crippen LogP contribution in [0.1, 0.15) is 17.3 Å². The molecule has 1 aliphatic rings. The van der Waals surface area contributed by atoms with Crippen LogP contribution in [-0.2, 0) is 4.79 Å². The summed E-state index contributed by atoms with van der Waals surface area (Å²) in [5.41, 5.74) is 2.21. The molecule has 2 aromatic rings. The smallest absolute Gasteiger partial charge is 0.280 e. The van der Waals surface area contributed by atoms with Crippen LogP contribution in [0.5, 0.6) is 0 Å². The standard InChI is InChI=1S/C19H19N5O3/c1-13-17(19(27)24(23-13)16-5-3-2-4-6-16)22-21-15-9-7-14(8-10-15)18(26)20-11-12-25/h2-10,17,25H,11-12H2,1H3,(H,20,26)/b22-21+. The quantitative estimate of drug-likeness (QED) is 0.767. The Kier molecular flexibility index (Phi) is 5.68. The average molecular weight is 365 g/mol. The number of nitrogens with one attached hydrogen (secondary N) is 1. The van der Waals surface area contributed by atoms with Crippen LogP contribution in [0, 0.1) is 0 Å². The Balaban J connectivity index is 1.68. The van der Waals surface area contributed by atoms with Gasteiger partial charge in [-0.1, -0.05) is 18.2 Å². The van der Waals surface area contributed by atoms with E-state index < -0.39 is 6.04 Å². The van der Waals surface area contributed by atoms with Crippen molar-refractivity contribution in [2.45, 2.75) is 13.0 Å². The first-order valence-electron chi connectivity index (χ1n) is 8.44. The summed E-state index contributed by atoms with van der Waals surface area (Å²) in [4.78, 5) is 24.4. The molecule has 8 nitrogen and oxygen atoms in total. The third kappa shape index (κ3) is 4.24. The Morgan fingerprint density at radius 1 is 1.19 bits per heavy atom. The van der Waals surface area contributed by atoms with E-state index in [9.17, 15) is 9.59 Å². The molecule has 1 aliphatic heterocycles. The van der Waals surface area contributed by atoms with E-state index in [0.717, 1.165) is 0 Å². The molecule has 1 heterocycles. The molecule has 27 heavy (non-hydrogen) atoms. The van der Waals surface area contributed by atoms with Crippen molar-refractivity contribution < 1.29 is 14.7 Å². The number of aliphatic hydroxyl groups excluding tert-OH is 1. The highest BCUT2D eigenvalue weighted by Crippen LogP contribution is 2.23. The maximum absolute atomic E-state index is 12.6. The van der Waals surface area contributed by atoms with Crippen LogP contribution in [0.3, 0.4) is 0 Å². The summed E-state index contributed by atoms with van der Waals surface area (Å²) in [7, 11) is 0. The zero-order chi connectivity index (χ0) is 19.2. The third-order valence-electron chi connectivity index (χ3n) is 3.91. The number of anilines is 1. The summed E-state index contributed by atoms with van der Waals surface area (Å²) in [5.74, 6) is -0.539. The lowest BCUT2D eigenvalue weighted by Crippen LogP contribution is -2.29. The van der Waals surface area contributed by atoms with Gasteiger partial charge in [-0.25, -0.2) is 0 Å². The van der Waals surface area contributed by atoms with Gasteiger partial charge in [-0.2, -0.15) is 20.3 Å². The Hall–Kier alpha value is -3.39. The van der Waals surface area contributed by atoms with Gasteiger partial charge in [0.2, 0.25) is 0 Å².